The van der Waals surface area contributed by atoms with Crippen LogP contribution in [0.15, 0.2) is 18.2 Å². The number of ether oxygens (including phenoxy) is 2. The number of nitrogens with zero attached hydrogens (tertiary/aromatic N) is 1. The Morgan fingerprint density at radius 3 is 2.73 bits per heavy atom. The predicted octanol–water partition coefficient (Wildman–Crippen LogP) is 2.46. The summed E-state index contributed by atoms with van der Waals surface area (Å²) >= 11 is 0. The summed E-state index contributed by atoms with van der Waals surface area (Å²) in [6.45, 7) is 6.55. The van der Waals surface area contributed by atoms with Crippen molar-refractivity contribution in [2.45, 2.75) is 51.7 Å². The van der Waals surface area contributed by atoms with Crippen LogP contribution >= 0.6 is 0 Å². The lowest BCUT2D eigenvalue weighted by Gasteiger charge is -2.34. The molecule has 1 heterocycles. The van der Waals surface area contributed by atoms with Crippen molar-refractivity contribution in [1.82, 2.24) is 10.2 Å². The summed E-state index contributed by atoms with van der Waals surface area (Å²) in [5.74, 6) is 0.462. The second-order valence-electron chi connectivity index (χ2n) is 7.51. The molecule has 1 unspecified atom stereocenters. The van der Waals surface area contributed by atoms with Crippen LogP contribution in [0.4, 0.5) is 4.79 Å². The molecule has 0 bridgehead atoms. The highest BCUT2D eigenvalue weighted by molar-refractivity contribution is 5.80. The molecule has 0 radical (unpaired) electrons. The first-order chi connectivity index (χ1) is 12.2. The van der Waals surface area contributed by atoms with Crippen LogP contribution in [0.3, 0.4) is 0 Å². The standard InChI is InChI=1S/C19H28N2O5/c1-19(2,3)26-18(24)21-9-5-6-14(12-21)20-17(23)11-13-10-15(22)7-8-16(13)25-4/h7-8,10,14,22H,5-6,9,11-12H2,1-4H3,(H,20,23). The van der Waals surface area contributed by atoms with E-state index in [0.717, 1.165) is 12.8 Å². The number of rotatable bonds is 4. The maximum Gasteiger partial charge on any atom is 0.410 e. The molecule has 2 amide bonds. The van der Waals surface area contributed by atoms with E-state index in [1.54, 1.807) is 11.0 Å². The van der Waals surface area contributed by atoms with E-state index in [4.69, 9.17) is 9.47 Å². The van der Waals surface area contributed by atoms with E-state index < -0.39 is 5.60 Å². The molecule has 0 saturated carbocycles. The summed E-state index contributed by atoms with van der Waals surface area (Å²) in [6, 6.07) is 4.54. The van der Waals surface area contributed by atoms with Gasteiger partial charge < -0.3 is 24.8 Å². The van der Waals surface area contributed by atoms with Crippen molar-refractivity contribution in [3.05, 3.63) is 23.8 Å². The third kappa shape index (κ3) is 5.82. The van der Waals surface area contributed by atoms with Crippen LogP contribution in [0.5, 0.6) is 11.5 Å². The van der Waals surface area contributed by atoms with Gasteiger partial charge in [0.15, 0.2) is 0 Å². The average molecular weight is 364 g/mol. The fourth-order valence-electron chi connectivity index (χ4n) is 2.94. The highest BCUT2D eigenvalue weighted by atomic mass is 16.6. The number of carbonyl (C=O) groups excluding carboxylic acids is 2. The Balaban J connectivity index is 1.93. The minimum atomic E-state index is -0.543. The van der Waals surface area contributed by atoms with Crippen molar-refractivity contribution in [3.8, 4) is 11.5 Å². The van der Waals surface area contributed by atoms with Gasteiger partial charge in [0.25, 0.3) is 0 Å². The number of likely N-dealkylation sites (tertiary alicyclic amines) is 1. The number of methoxy groups -OCH3 is 1. The van der Waals surface area contributed by atoms with Gasteiger partial charge in [-0.1, -0.05) is 0 Å². The molecule has 26 heavy (non-hydrogen) atoms. The highest BCUT2D eigenvalue weighted by Gasteiger charge is 2.28. The molecule has 7 nitrogen and oxygen atoms in total. The van der Waals surface area contributed by atoms with Gasteiger partial charge in [-0.25, -0.2) is 4.79 Å². The lowest BCUT2D eigenvalue weighted by molar-refractivity contribution is -0.121. The van der Waals surface area contributed by atoms with Crippen molar-refractivity contribution in [1.29, 1.82) is 0 Å². The summed E-state index contributed by atoms with van der Waals surface area (Å²) in [5.41, 5.74) is 0.0730. The molecule has 7 heteroatoms. The van der Waals surface area contributed by atoms with Gasteiger partial charge in [0.2, 0.25) is 5.91 Å². The summed E-state index contributed by atoms with van der Waals surface area (Å²) in [7, 11) is 1.52. The number of carbonyl (C=O) groups is 2. The average Bonchev–Trinajstić information content (AvgIpc) is 2.53. The number of benzene rings is 1. The monoisotopic (exact) mass is 364 g/mol. The Hall–Kier alpha value is -2.44. The van der Waals surface area contributed by atoms with Gasteiger partial charge in [-0.2, -0.15) is 0 Å². The van der Waals surface area contributed by atoms with E-state index in [9.17, 15) is 14.7 Å². The first kappa shape index (κ1) is 19.9. The van der Waals surface area contributed by atoms with Crippen LogP contribution in [-0.2, 0) is 16.0 Å². The van der Waals surface area contributed by atoms with E-state index in [-0.39, 0.29) is 30.2 Å². The third-order valence-electron chi connectivity index (χ3n) is 4.05. The zero-order chi connectivity index (χ0) is 19.3. The molecule has 1 fully saturated rings. The maximum absolute atomic E-state index is 12.4. The molecule has 0 aliphatic carbocycles. The van der Waals surface area contributed by atoms with Crippen LogP contribution in [0.1, 0.15) is 39.2 Å². The number of phenols is 1. The van der Waals surface area contributed by atoms with Crippen LogP contribution in [0.2, 0.25) is 0 Å². The van der Waals surface area contributed by atoms with Crippen molar-refractivity contribution < 1.29 is 24.2 Å². The number of aromatic hydroxyl groups is 1. The number of amides is 2. The minimum Gasteiger partial charge on any atom is -0.508 e. The van der Waals surface area contributed by atoms with Gasteiger partial charge in [-0.3, -0.25) is 4.79 Å². The molecule has 1 atom stereocenters. The largest absolute Gasteiger partial charge is 0.508 e. The summed E-state index contributed by atoms with van der Waals surface area (Å²) < 4.78 is 10.6. The van der Waals surface area contributed by atoms with Gasteiger partial charge in [0.05, 0.1) is 13.5 Å². The van der Waals surface area contributed by atoms with Crippen LogP contribution < -0.4 is 10.1 Å². The van der Waals surface area contributed by atoms with E-state index in [2.05, 4.69) is 5.32 Å². The smallest absolute Gasteiger partial charge is 0.410 e. The van der Waals surface area contributed by atoms with Gasteiger partial charge in [0, 0.05) is 24.7 Å². The van der Waals surface area contributed by atoms with Crippen LogP contribution in [0.25, 0.3) is 0 Å². The van der Waals surface area contributed by atoms with Crippen molar-refractivity contribution >= 4 is 12.0 Å². The number of hydrogen-bond acceptors (Lipinski definition) is 5. The summed E-state index contributed by atoms with van der Waals surface area (Å²) in [4.78, 5) is 26.2. The summed E-state index contributed by atoms with van der Waals surface area (Å²) in [5, 5.41) is 12.6. The maximum atomic E-state index is 12.4. The minimum absolute atomic E-state index is 0.0855. The molecular weight excluding hydrogens is 336 g/mol. The van der Waals surface area contributed by atoms with Gasteiger partial charge in [0.1, 0.15) is 17.1 Å². The first-order valence-electron chi connectivity index (χ1n) is 8.81. The Bertz CT molecular complexity index is 654. The molecule has 0 spiro atoms. The second-order valence-corrected chi connectivity index (χ2v) is 7.51. The number of nitrogens with one attached hydrogen (secondary N) is 1. The highest BCUT2D eigenvalue weighted by Crippen LogP contribution is 2.24. The predicted molar refractivity (Wildman–Crippen MR) is 97.3 cm³/mol. The lowest BCUT2D eigenvalue weighted by Crippen LogP contribution is -2.51. The fourth-order valence-corrected chi connectivity index (χ4v) is 2.94. The SMILES string of the molecule is COc1ccc(O)cc1CC(=O)NC1CCCN(C(=O)OC(C)(C)C)C1. The summed E-state index contributed by atoms with van der Waals surface area (Å²) in [6.07, 6.45) is 1.36. The Labute approximate surface area is 154 Å². The molecular formula is C19H28N2O5. The molecule has 1 aliphatic rings. The molecule has 2 rings (SSSR count). The third-order valence-corrected chi connectivity index (χ3v) is 4.05. The molecule has 0 aromatic heterocycles. The van der Waals surface area contributed by atoms with Crippen LogP contribution in [0, 0.1) is 0 Å². The zero-order valence-electron chi connectivity index (χ0n) is 15.9. The van der Waals surface area contributed by atoms with Gasteiger partial charge >= 0.3 is 6.09 Å². The van der Waals surface area contributed by atoms with Crippen molar-refractivity contribution in [3.63, 3.8) is 0 Å². The van der Waals surface area contributed by atoms with Crippen LogP contribution in [-0.4, -0.2) is 53.8 Å². The Morgan fingerprint density at radius 2 is 2.08 bits per heavy atom. The van der Waals surface area contributed by atoms with E-state index >= 15 is 0 Å². The molecule has 1 saturated heterocycles. The van der Waals surface area contributed by atoms with Gasteiger partial charge in [-0.05, 0) is 51.8 Å². The van der Waals surface area contributed by atoms with Crippen molar-refractivity contribution in [2.75, 3.05) is 20.2 Å². The normalized spacial score (nSPS) is 17.5. The molecule has 2 N–H and O–H groups in total. The molecule has 1 aliphatic heterocycles. The van der Waals surface area contributed by atoms with E-state index in [1.807, 2.05) is 20.8 Å². The lowest BCUT2D eigenvalue weighted by atomic mass is 10.0. The van der Waals surface area contributed by atoms with Crippen molar-refractivity contribution in [2.24, 2.45) is 0 Å². The fraction of sp³-hybridized carbons (Fsp3) is 0.579. The number of phenolic OH excluding ortho intramolecular Hbond substituents is 1. The Kier molecular flexibility index (Phi) is 6.34. The Morgan fingerprint density at radius 1 is 1.35 bits per heavy atom. The molecule has 144 valence electrons. The molecule has 1 aromatic carbocycles. The van der Waals surface area contributed by atoms with E-state index in [1.165, 1.54) is 19.2 Å². The first-order valence-corrected chi connectivity index (χ1v) is 8.81. The molecule has 1 aromatic rings. The topological polar surface area (TPSA) is 88.1 Å². The van der Waals surface area contributed by atoms with Gasteiger partial charge in [-0.15, -0.1) is 0 Å². The quantitative estimate of drug-likeness (QED) is 0.857. The van der Waals surface area contributed by atoms with E-state index in [0.29, 0.717) is 24.4 Å². The number of hydrogen-bond donors (Lipinski definition) is 2. The zero-order valence-corrected chi connectivity index (χ0v) is 15.9. The second kappa shape index (κ2) is 8.29. The number of piperidine rings is 1.